The topological polar surface area (TPSA) is 55.1 Å². The first-order chi connectivity index (χ1) is 10.8. The second kappa shape index (κ2) is 6.92. The zero-order valence-electron chi connectivity index (χ0n) is 13.8. The number of benzene rings is 2. The summed E-state index contributed by atoms with van der Waals surface area (Å²) < 4.78 is 13.1. The summed E-state index contributed by atoms with van der Waals surface area (Å²) in [6, 6.07) is 13.3. The van der Waals surface area contributed by atoms with Gasteiger partial charge >= 0.3 is 0 Å². The summed E-state index contributed by atoms with van der Waals surface area (Å²) in [5, 5.41) is 3.05. The quantitative estimate of drug-likeness (QED) is 0.902. The van der Waals surface area contributed by atoms with Crippen LogP contribution in [0.1, 0.15) is 48.3 Å². The summed E-state index contributed by atoms with van der Waals surface area (Å²) in [5.74, 6) is -0.442. The molecule has 0 saturated heterocycles. The fraction of sp³-hybridized carbons (Fsp3) is 0.316. The summed E-state index contributed by atoms with van der Waals surface area (Å²) in [6.07, 6.45) is 0. The van der Waals surface area contributed by atoms with Crippen molar-refractivity contribution in [1.82, 2.24) is 5.32 Å². The molecule has 0 spiro atoms. The van der Waals surface area contributed by atoms with Crippen LogP contribution < -0.4 is 11.1 Å². The zero-order valence-corrected chi connectivity index (χ0v) is 13.8. The number of nitrogens with one attached hydrogen (secondary N) is 1. The van der Waals surface area contributed by atoms with Gasteiger partial charge in [0.05, 0.1) is 6.04 Å². The number of carbonyl (C=O) groups is 1. The fourth-order valence-electron chi connectivity index (χ4n) is 2.46. The Bertz CT molecular complexity index is 657. The number of nitrogens with two attached hydrogens (primary N) is 1. The molecule has 0 aliphatic heterocycles. The molecule has 0 radical (unpaired) electrons. The molecule has 1 amide bonds. The Labute approximate surface area is 136 Å². The highest BCUT2D eigenvalue weighted by Crippen LogP contribution is 2.33. The summed E-state index contributed by atoms with van der Waals surface area (Å²) in [7, 11) is 0. The van der Waals surface area contributed by atoms with Gasteiger partial charge in [0, 0.05) is 12.1 Å². The highest BCUT2D eigenvalue weighted by atomic mass is 19.1. The predicted molar refractivity (Wildman–Crippen MR) is 90.4 cm³/mol. The Morgan fingerprint density at radius 1 is 1.09 bits per heavy atom. The van der Waals surface area contributed by atoms with E-state index >= 15 is 0 Å². The maximum atomic E-state index is 13.1. The molecule has 3 N–H and O–H groups in total. The molecule has 0 heterocycles. The van der Waals surface area contributed by atoms with E-state index in [1.54, 1.807) is 24.3 Å². The van der Waals surface area contributed by atoms with Crippen molar-refractivity contribution in [1.29, 1.82) is 0 Å². The molecule has 1 unspecified atom stereocenters. The largest absolute Gasteiger partial charge is 0.345 e. The third kappa shape index (κ3) is 4.39. The second-order valence-electron chi connectivity index (χ2n) is 6.73. The van der Waals surface area contributed by atoms with Crippen molar-refractivity contribution in [2.75, 3.05) is 0 Å². The van der Waals surface area contributed by atoms with E-state index in [2.05, 4.69) is 5.32 Å². The van der Waals surface area contributed by atoms with Crippen molar-refractivity contribution in [3.05, 3.63) is 71.0 Å². The van der Waals surface area contributed by atoms with Crippen LogP contribution >= 0.6 is 0 Å². The lowest BCUT2D eigenvalue weighted by molar-refractivity contribution is 0.0901. The Hall–Kier alpha value is -2.20. The van der Waals surface area contributed by atoms with Gasteiger partial charge in [0.25, 0.3) is 5.91 Å². The molecule has 2 rings (SSSR count). The highest BCUT2D eigenvalue weighted by molar-refractivity contribution is 5.94. The van der Waals surface area contributed by atoms with Crippen molar-refractivity contribution in [3.63, 3.8) is 0 Å². The molecule has 0 aliphatic carbocycles. The maximum Gasteiger partial charge on any atom is 0.251 e. The molecule has 0 saturated carbocycles. The molecule has 0 aromatic heterocycles. The van der Waals surface area contributed by atoms with Gasteiger partial charge in [-0.2, -0.15) is 0 Å². The predicted octanol–water partition coefficient (Wildman–Crippen LogP) is 3.80. The molecule has 2 aromatic rings. The van der Waals surface area contributed by atoms with E-state index in [1.807, 2.05) is 32.9 Å². The third-order valence-corrected chi connectivity index (χ3v) is 3.80. The van der Waals surface area contributed by atoms with Crippen LogP contribution in [-0.4, -0.2) is 5.91 Å². The Morgan fingerprint density at radius 2 is 1.65 bits per heavy atom. The fourth-order valence-corrected chi connectivity index (χ4v) is 2.46. The van der Waals surface area contributed by atoms with E-state index in [1.165, 1.54) is 12.1 Å². The maximum absolute atomic E-state index is 13.1. The van der Waals surface area contributed by atoms with E-state index in [-0.39, 0.29) is 23.2 Å². The molecule has 3 nitrogen and oxygen atoms in total. The van der Waals surface area contributed by atoms with Gasteiger partial charge in [0.1, 0.15) is 5.82 Å². The number of carbonyl (C=O) groups excluding carboxylic acids is 1. The first-order valence-electron chi connectivity index (χ1n) is 7.66. The van der Waals surface area contributed by atoms with Gasteiger partial charge in [0.15, 0.2) is 0 Å². The first-order valence-corrected chi connectivity index (χ1v) is 7.66. The van der Waals surface area contributed by atoms with Gasteiger partial charge in [-0.3, -0.25) is 4.79 Å². The molecule has 0 aliphatic rings. The van der Waals surface area contributed by atoms with Crippen molar-refractivity contribution in [3.8, 4) is 0 Å². The van der Waals surface area contributed by atoms with E-state index < -0.39 is 0 Å². The Kier molecular flexibility index (Phi) is 5.16. The van der Waals surface area contributed by atoms with Gasteiger partial charge < -0.3 is 11.1 Å². The summed E-state index contributed by atoms with van der Waals surface area (Å²) >= 11 is 0. The van der Waals surface area contributed by atoms with E-state index in [4.69, 9.17) is 5.73 Å². The average Bonchev–Trinajstić information content (AvgIpc) is 2.52. The number of halogens is 1. The van der Waals surface area contributed by atoms with Gasteiger partial charge in [-0.25, -0.2) is 4.39 Å². The van der Waals surface area contributed by atoms with Crippen molar-refractivity contribution in [2.45, 2.75) is 33.4 Å². The SMILES string of the molecule is CC(C)(C)C(NC(=O)c1ccc(CN)cc1)c1ccc(F)cc1. The second-order valence-corrected chi connectivity index (χ2v) is 6.73. The molecule has 122 valence electrons. The Balaban J connectivity index is 2.23. The lowest BCUT2D eigenvalue weighted by atomic mass is 9.82. The third-order valence-electron chi connectivity index (χ3n) is 3.80. The normalized spacial score (nSPS) is 12.7. The smallest absolute Gasteiger partial charge is 0.251 e. The average molecular weight is 314 g/mol. The van der Waals surface area contributed by atoms with Crippen LogP contribution in [0.15, 0.2) is 48.5 Å². The standard InChI is InChI=1S/C19H23FN2O/c1-19(2,3)17(14-8-10-16(20)11-9-14)22-18(23)15-6-4-13(12-21)5-7-15/h4-11,17H,12,21H2,1-3H3,(H,22,23). The Morgan fingerprint density at radius 3 is 2.13 bits per heavy atom. The van der Waals surface area contributed by atoms with Crippen LogP contribution in [0.4, 0.5) is 4.39 Å². The van der Waals surface area contributed by atoms with Crippen LogP contribution in [0.2, 0.25) is 0 Å². The summed E-state index contributed by atoms with van der Waals surface area (Å²) in [5.41, 5.74) is 7.81. The minimum Gasteiger partial charge on any atom is -0.345 e. The first kappa shape index (κ1) is 17.2. The zero-order chi connectivity index (χ0) is 17.0. The minimum atomic E-state index is -0.287. The van der Waals surface area contributed by atoms with Gasteiger partial charge in [-0.1, -0.05) is 45.0 Å². The molecular formula is C19H23FN2O. The van der Waals surface area contributed by atoms with E-state index in [9.17, 15) is 9.18 Å². The van der Waals surface area contributed by atoms with Crippen LogP contribution in [0.25, 0.3) is 0 Å². The number of hydrogen-bond acceptors (Lipinski definition) is 2. The lowest BCUT2D eigenvalue weighted by Gasteiger charge is -2.32. The van der Waals surface area contributed by atoms with Crippen molar-refractivity contribution < 1.29 is 9.18 Å². The van der Waals surface area contributed by atoms with E-state index in [0.717, 1.165) is 11.1 Å². The number of hydrogen-bond donors (Lipinski definition) is 2. The lowest BCUT2D eigenvalue weighted by Crippen LogP contribution is -2.36. The molecule has 4 heteroatoms. The molecule has 2 aromatic carbocycles. The van der Waals surface area contributed by atoms with Crippen LogP contribution in [0.5, 0.6) is 0 Å². The van der Waals surface area contributed by atoms with Gasteiger partial charge in [-0.15, -0.1) is 0 Å². The molecule has 1 atom stereocenters. The minimum absolute atomic E-state index is 0.155. The molecule has 0 fully saturated rings. The van der Waals surface area contributed by atoms with Gasteiger partial charge in [-0.05, 0) is 40.8 Å². The highest BCUT2D eigenvalue weighted by Gasteiger charge is 2.28. The van der Waals surface area contributed by atoms with E-state index in [0.29, 0.717) is 12.1 Å². The summed E-state index contributed by atoms with van der Waals surface area (Å²) in [6.45, 7) is 6.57. The number of rotatable bonds is 4. The molecule has 0 bridgehead atoms. The number of amides is 1. The van der Waals surface area contributed by atoms with Crippen molar-refractivity contribution in [2.24, 2.45) is 11.1 Å². The monoisotopic (exact) mass is 314 g/mol. The van der Waals surface area contributed by atoms with Crippen LogP contribution in [0, 0.1) is 11.2 Å². The van der Waals surface area contributed by atoms with Crippen LogP contribution in [0.3, 0.4) is 0 Å². The molecule has 23 heavy (non-hydrogen) atoms. The molecular weight excluding hydrogens is 291 g/mol. The summed E-state index contributed by atoms with van der Waals surface area (Å²) in [4.78, 5) is 12.5. The van der Waals surface area contributed by atoms with Crippen molar-refractivity contribution >= 4 is 5.91 Å². The van der Waals surface area contributed by atoms with Crippen LogP contribution in [-0.2, 0) is 6.54 Å². The van der Waals surface area contributed by atoms with Gasteiger partial charge in [0.2, 0.25) is 0 Å².